The smallest absolute Gasteiger partial charge is 0.277 e. The van der Waals surface area contributed by atoms with Crippen molar-refractivity contribution in [2.45, 2.75) is 57.4 Å². The molecular formula is C23H27N3O2S. The number of aromatic nitrogens is 2. The van der Waals surface area contributed by atoms with Crippen molar-refractivity contribution in [3.63, 3.8) is 0 Å². The fraction of sp³-hybridized carbons (Fsp3) is 0.348. The molecule has 0 radical (unpaired) electrons. The molecule has 1 aromatic heterocycles. The van der Waals surface area contributed by atoms with Crippen molar-refractivity contribution >= 4 is 23.4 Å². The maximum absolute atomic E-state index is 12.5. The minimum atomic E-state index is -0.368. The molecule has 6 heteroatoms. The second-order valence-corrected chi connectivity index (χ2v) is 9.56. The Labute approximate surface area is 176 Å². The number of hydrogen-bond acceptors (Lipinski definition) is 5. The first-order valence-electron chi connectivity index (χ1n) is 9.62. The highest BCUT2D eigenvalue weighted by Crippen LogP contribution is 2.29. The van der Waals surface area contributed by atoms with E-state index in [1.54, 1.807) is 0 Å². The second-order valence-electron chi connectivity index (χ2n) is 8.27. The molecule has 152 valence electrons. The predicted octanol–water partition coefficient (Wildman–Crippen LogP) is 5.77. The zero-order valence-corrected chi connectivity index (χ0v) is 18.6. The third-order valence-electron chi connectivity index (χ3n) is 4.69. The van der Waals surface area contributed by atoms with E-state index in [-0.39, 0.29) is 16.6 Å². The molecule has 0 aliphatic heterocycles. The van der Waals surface area contributed by atoms with E-state index in [4.69, 9.17) is 4.42 Å². The van der Waals surface area contributed by atoms with Crippen LogP contribution in [0.2, 0.25) is 0 Å². The molecule has 2 aromatic carbocycles. The Morgan fingerprint density at radius 3 is 2.38 bits per heavy atom. The molecule has 0 saturated carbocycles. The van der Waals surface area contributed by atoms with Crippen LogP contribution in [-0.4, -0.2) is 21.4 Å². The molecule has 1 unspecified atom stereocenters. The van der Waals surface area contributed by atoms with E-state index in [0.717, 1.165) is 22.4 Å². The normalized spacial score (nSPS) is 12.6. The summed E-state index contributed by atoms with van der Waals surface area (Å²) in [6.45, 7) is 12.4. The largest absolute Gasteiger partial charge is 0.411 e. The van der Waals surface area contributed by atoms with Gasteiger partial charge in [0, 0.05) is 11.3 Å². The van der Waals surface area contributed by atoms with Gasteiger partial charge < -0.3 is 9.73 Å². The molecule has 0 bridgehead atoms. The van der Waals surface area contributed by atoms with Crippen LogP contribution < -0.4 is 5.32 Å². The number of carbonyl (C=O) groups excluding carboxylic acids is 1. The summed E-state index contributed by atoms with van der Waals surface area (Å²) in [5.74, 6) is 0.353. The fourth-order valence-electron chi connectivity index (χ4n) is 2.88. The van der Waals surface area contributed by atoms with Gasteiger partial charge in [-0.25, -0.2) is 0 Å². The van der Waals surface area contributed by atoms with Gasteiger partial charge in [-0.15, -0.1) is 10.2 Å². The summed E-state index contributed by atoms with van der Waals surface area (Å²) >= 11 is 1.25. The second kappa shape index (κ2) is 8.41. The maximum Gasteiger partial charge on any atom is 0.277 e. The number of rotatable bonds is 5. The summed E-state index contributed by atoms with van der Waals surface area (Å²) in [5, 5.41) is 11.2. The predicted molar refractivity (Wildman–Crippen MR) is 118 cm³/mol. The number of thioether (sulfide) groups is 1. The first-order valence-corrected chi connectivity index (χ1v) is 10.5. The van der Waals surface area contributed by atoms with Crippen molar-refractivity contribution in [2.75, 3.05) is 5.32 Å². The summed E-state index contributed by atoms with van der Waals surface area (Å²) in [5.41, 5.74) is 5.22. The number of nitrogens with zero attached hydrogens (tertiary/aromatic N) is 2. The monoisotopic (exact) mass is 409 g/mol. The lowest BCUT2D eigenvalue weighted by molar-refractivity contribution is -0.115. The Morgan fingerprint density at radius 2 is 1.76 bits per heavy atom. The van der Waals surface area contributed by atoms with Gasteiger partial charge in [0.2, 0.25) is 11.8 Å². The zero-order chi connectivity index (χ0) is 21.2. The molecule has 1 amide bonds. The van der Waals surface area contributed by atoms with Gasteiger partial charge in [-0.3, -0.25) is 4.79 Å². The van der Waals surface area contributed by atoms with Crippen molar-refractivity contribution in [1.82, 2.24) is 10.2 Å². The van der Waals surface area contributed by atoms with E-state index in [9.17, 15) is 4.79 Å². The first-order chi connectivity index (χ1) is 13.6. The number of nitrogens with one attached hydrogen (secondary N) is 1. The fourth-order valence-corrected chi connectivity index (χ4v) is 3.56. The van der Waals surface area contributed by atoms with Crippen LogP contribution in [0.25, 0.3) is 11.5 Å². The number of anilines is 1. The van der Waals surface area contributed by atoms with E-state index < -0.39 is 0 Å². The van der Waals surface area contributed by atoms with Crippen molar-refractivity contribution in [3.8, 4) is 11.5 Å². The molecule has 29 heavy (non-hydrogen) atoms. The average Bonchev–Trinajstić information content (AvgIpc) is 3.12. The summed E-state index contributed by atoms with van der Waals surface area (Å²) < 4.78 is 5.77. The molecule has 0 aliphatic carbocycles. The lowest BCUT2D eigenvalue weighted by Crippen LogP contribution is -2.22. The lowest BCUT2D eigenvalue weighted by Gasteiger charge is -2.18. The molecular weight excluding hydrogens is 382 g/mol. The van der Waals surface area contributed by atoms with Crippen molar-refractivity contribution < 1.29 is 9.21 Å². The van der Waals surface area contributed by atoms with Crippen LogP contribution in [0.5, 0.6) is 0 Å². The molecule has 5 nitrogen and oxygen atoms in total. The third kappa shape index (κ3) is 5.26. The summed E-state index contributed by atoms with van der Waals surface area (Å²) in [6, 6.07) is 14.1. The van der Waals surface area contributed by atoms with Gasteiger partial charge in [-0.1, -0.05) is 62.4 Å². The molecule has 1 heterocycles. The van der Waals surface area contributed by atoms with Gasteiger partial charge in [-0.05, 0) is 55.5 Å². The summed E-state index contributed by atoms with van der Waals surface area (Å²) in [7, 11) is 0. The molecule has 0 aliphatic rings. The van der Waals surface area contributed by atoms with Crippen LogP contribution >= 0.6 is 11.8 Å². The van der Waals surface area contributed by atoms with Gasteiger partial charge in [-0.2, -0.15) is 0 Å². The number of hydrogen-bond donors (Lipinski definition) is 1. The molecule has 1 N–H and O–H groups in total. The standard InChI is InChI=1S/C23H27N3O2S/c1-14-7-12-19(15(2)13-14)24-20(27)16(3)29-22-26-25-21(28-22)17-8-10-18(11-9-17)23(4,5)6/h7-13,16H,1-6H3,(H,24,27). The minimum Gasteiger partial charge on any atom is -0.411 e. The Balaban J connectivity index is 1.65. The topological polar surface area (TPSA) is 68.0 Å². The van der Waals surface area contributed by atoms with Crippen molar-refractivity contribution in [1.29, 1.82) is 0 Å². The van der Waals surface area contributed by atoms with Crippen molar-refractivity contribution in [3.05, 3.63) is 59.2 Å². The van der Waals surface area contributed by atoms with Gasteiger partial charge in [0.1, 0.15) is 0 Å². The van der Waals surface area contributed by atoms with Crippen molar-refractivity contribution in [2.24, 2.45) is 0 Å². The Kier molecular flexibility index (Phi) is 6.13. The van der Waals surface area contributed by atoms with E-state index in [0.29, 0.717) is 11.1 Å². The van der Waals surface area contributed by atoms with Crippen LogP contribution in [0.15, 0.2) is 52.1 Å². The van der Waals surface area contributed by atoms with Crippen LogP contribution in [0.1, 0.15) is 44.4 Å². The number of amides is 1. The van der Waals surface area contributed by atoms with E-state index in [1.807, 2.05) is 51.1 Å². The number of carbonyl (C=O) groups is 1. The highest BCUT2D eigenvalue weighted by molar-refractivity contribution is 8.00. The average molecular weight is 410 g/mol. The Bertz CT molecular complexity index is 1000. The molecule has 1 atom stereocenters. The number of benzene rings is 2. The first kappa shape index (κ1) is 21.1. The quantitative estimate of drug-likeness (QED) is 0.542. The molecule has 0 fully saturated rings. The number of aryl methyl sites for hydroxylation is 2. The van der Waals surface area contributed by atoms with Gasteiger partial charge in [0.15, 0.2) is 0 Å². The highest BCUT2D eigenvalue weighted by Gasteiger charge is 2.20. The van der Waals surface area contributed by atoms with E-state index in [2.05, 4.69) is 48.4 Å². The van der Waals surface area contributed by atoms with Crippen LogP contribution in [0.4, 0.5) is 5.69 Å². The van der Waals surface area contributed by atoms with Crippen LogP contribution in [0.3, 0.4) is 0 Å². The zero-order valence-electron chi connectivity index (χ0n) is 17.7. The van der Waals surface area contributed by atoms with Gasteiger partial charge >= 0.3 is 0 Å². The SMILES string of the molecule is Cc1ccc(NC(=O)C(C)Sc2nnc(-c3ccc(C(C)(C)C)cc3)o2)c(C)c1. The van der Waals surface area contributed by atoms with Gasteiger partial charge in [0.25, 0.3) is 5.22 Å². The minimum absolute atomic E-state index is 0.0903. The molecule has 3 rings (SSSR count). The Hall–Kier alpha value is -2.60. The Morgan fingerprint density at radius 1 is 1.07 bits per heavy atom. The van der Waals surface area contributed by atoms with Crippen LogP contribution in [-0.2, 0) is 10.2 Å². The van der Waals surface area contributed by atoms with E-state index in [1.165, 1.54) is 17.3 Å². The lowest BCUT2D eigenvalue weighted by atomic mass is 9.87. The molecule has 3 aromatic rings. The molecule has 0 spiro atoms. The third-order valence-corrected chi connectivity index (χ3v) is 5.63. The van der Waals surface area contributed by atoms with Gasteiger partial charge in [0.05, 0.1) is 5.25 Å². The summed E-state index contributed by atoms with van der Waals surface area (Å²) in [4.78, 5) is 12.5. The van der Waals surface area contributed by atoms with E-state index >= 15 is 0 Å². The highest BCUT2D eigenvalue weighted by atomic mass is 32.2. The molecule has 0 saturated heterocycles. The summed E-state index contributed by atoms with van der Waals surface area (Å²) in [6.07, 6.45) is 0. The van der Waals surface area contributed by atoms with Crippen LogP contribution in [0, 0.1) is 13.8 Å². The maximum atomic E-state index is 12.5.